The Morgan fingerprint density at radius 1 is 1.55 bits per heavy atom. The van der Waals surface area contributed by atoms with Gasteiger partial charge in [0.25, 0.3) is 0 Å². The maximum atomic E-state index is 13.0. The summed E-state index contributed by atoms with van der Waals surface area (Å²) in [4.78, 5) is 3.08. The van der Waals surface area contributed by atoms with Crippen molar-refractivity contribution < 1.29 is 4.39 Å². The van der Waals surface area contributed by atoms with Crippen molar-refractivity contribution in [3.8, 4) is 0 Å². The third-order valence-electron chi connectivity index (χ3n) is 1.38. The van der Waals surface area contributed by atoms with Gasteiger partial charge in [-0.1, -0.05) is 6.07 Å². The number of rotatable bonds is 0. The molecule has 0 bridgehead atoms. The van der Waals surface area contributed by atoms with Gasteiger partial charge < -0.3 is 0 Å². The topological polar surface area (TPSA) is 4.36 Å². The Bertz CT molecular complexity index is 328. The van der Waals surface area contributed by atoms with Crippen LogP contribution in [0.2, 0.25) is 0 Å². The van der Waals surface area contributed by atoms with Crippen LogP contribution < -0.4 is 0 Å². The second kappa shape index (κ2) is 3.02. The van der Waals surface area contributed by atoms with E-state index < -0.39 is 5.82 Å². The molecule has 1 nitrogen and oxygen atoms in total. The molecule has 0 aromatic heterocycles. The van der Waals surface area contributed by atoms with Crippen molar-refractivity contribution in [2.45, 2.75) is 6.92 Å². The minimum atomic E-state index is -0.472. The highest BCUT2D eigenvalue weighted by Crippen LogP contribution is 2.28. The van der Waals surface area contributed by atoms with Gasteiger partial charge in [0.05, 0.1) is 6.57 Å². The Hall–Kier alpha value is -0.880. The summed E-state index contributed by atoms with van der Waals surface area (Å²) in [7, 11) is 0. The second-order valence-electron chi connectivity index (χ2n) is 2.14. The fraction of sp³-hybridized carbons (Fsp3) is 0.125. The normalized spacial score (nSPS) is 9.27. The molecule has 11 heavy (non-hydrogen) atoms. The first kappa shape index (κ1) is 8.22. The van der Waals surface area contributed by atoms with Crippen LogP contribution in [-0.4, -0.2) is 0 Å². The largest absolute Gasteiger partial charge is 0.235 e. The minimum Gasteiger partial charge on any atom is -0.235 e. The molecule has 1 rings (SSSR count). The van der Waals surface area contributed by atoms with Crippen LogP contribution >= 0.6 is 15.9 Å². The zero-order valence-electron chi connectivity index (χ0n) is 5.86. The van der Waals surface area contributed by atoms with E-state index in [1.807, 2.05) is 0 Å². The first-order valence-electron chi connectivity index (χ1n) is 2.99. The Morgan fingerprint density at radius 2 is 2.18 bits per heavy atom. The molecule has 0 saturated carbocycles. The SMILES string of the molecule is [C-]#[N+]c1c(C)ccc(Br)c1F. The number of hydrogen-bond acceptors (Lipinski definition) is 0. The summed E-state index contributed by atoms with van der Waals surface area (Å²) in [6, 6.07) is 3.31. The smallest absolute Gasteiger partial charge is 0.226 e. The van der Waals surface area contributed by atoms with Gasteiger partial charge >= 0.3 is 0 Å². The van der Waals surface area contributed by atoms with Crippen molar-refractivity contribution in [2.24, 2.45) is 0 Å². The molecule has 0 fully saturated rings. The Kier molecular flexibility index (Phi) is 2.25. The quantitative estimate of drug-likeness (QED) is 0.582. The molecule has 0 spiro atoms. The molecule has 0 saturated heterocycles. The van der Waals surface area contributed by atoms with Crippen LogP contribution in [0.4, 0.5) is 10.1 Å². The molecule has 56 valence electrons. The number of aryl methyl sites for hydroxylation is 1. The van der Waals surface area contributed by atoms with E-state index in [1.165, 1.54) is 0 Å². The van der Waals surface area contributed by atoms with Crippen molar-refractivity contribution in [3.05, 3.63) is 39.4 Å². The van der Waals surface area contributed by atoms with Crippen LogP contribution in [0.25, 0.3) is 4.85 Å². The lowest BCUT2D eigenvalue weighted by Gasteiger charge is -1.99. The second-order valence-corrected chi connectivity index (χ2v) is 2.99. The monoisotopic (exact) mass is 213 g/mol. The molecular weight excluding hydrogens is 209 g/mol. The van der Waals surface area contributed by atoms with Gasteiger partial charge in [-0.05, 0) is 34.5 Å². The lowest BCUT2D eigenvalue weighted by molar-refractivity contribution is 0.626. The fourth-order valence-corrected chi connectivity index (χ4v) is 1.09. The van der Waals surface area contributed by atoms with E-state index in [-0.39, 0.29) is 5.69 Å². The maximum absolute atomic E-state index is 13.0. The van der Waals surface area contributed by atoms with E-state index in [1.54, 1.807) is 19.1 Å². The summed E-state index contributed by atoms with van der Waals surface area (Å²) in [5, 5.41) is 0. The Labute approximate surface area is 72.8 Å². The molecule has 1 aromatic rings. The van der Waals surface area contributed by atoms with Crippen molar-refractivity contribution in [1.82, 2.24) is 0 Å². The van der Waals surface area contributed by atoms with Crippen molar-refractivity contribution in [1.29, 1.82) is 0 Å². The summed E-state index contributed by atoms with van der Waals surface area (Å²) in [5.41, 5.74) is 0.764. The minimum absolute atomic E-state index is 0.0966. The van der Waals surface area contributed by atoms with Crippen LogP contribution in [-0.2, 0) is 0 Å². The van der Waals surface area contributed by atoms with Gasteiger partial charge in [-0.25, -0.2) is 9.24 Å². The van der Waals surface area contributed by atoms with Gasteiger partial charge in [0, 0.05) is 4.47 Å². The first-order valence-corrected chi connectivity index (χ1v) is 3.78. The zero-order valence-corrected chi connectivity index (χ0v) is 7.44. The van der Waals surface area contributed by atoms with Crippen LogP contribution in [0, 0.1) is 19.3 Å². The lowest BCUT2D eigenvalue weighted by Crippen LogP contribution is -1.80. The lowest BCUT2D eigenvalue weighted by atomic mass is 10.2. The van der Waals surface area contributed by atoms with Crippen molar-refractivity contribution in [3.63, 3.8) is 0 Å². The van der Waals surface area contributed by atoms with Gasteiger partial charge in [0.15, 0.2) is 0 Å². The summed E-state index contributed by atoms with van der Waals surface area (Å²) in [6.07, 6.45) is 0. The molecule has 1 aromatic carbocycles. The number of nitrogens with zero attached hydrogens (tertiary/aromatic N) is 1. The van der Waals surface area contributed by atoms with E-state index in [9.17, 15) is 4.39 Å². The van der Waals surface area contributed by atoms with Crippen molar-refractivity contribution >= 4 is 21.6 Å². The molecule has 0 radical (unpaired) electrons. The summed E-state index contributed by atoms with van der Waals surface area (Å²) >= 11 is 3.00. The predicted molar refractivity (Wildman–Crippen MR) is 45.1 cm³/mol. The van der Waals surface area contributed by atoms with E-state index in [0.29, 0.717) is 10.0 Å². The molecule has 0 heterocycles. The molecule has 0 amide bonds. The predicted octanol–water partition coefficient (Wildman–Crippen LogP) is 3.45. The first-order chi connectivity index (χ1) is 5.16. The molecule has 3 heteroatoms. The highest BCUT2D eigenvalue weighted by atomic mass is 79.9. The standard InChI is InChI=1S/C8H5BrFN/c1-5-3-4-6(9)7(10)8(5)11-2/h3-4H,1H3. The molecule has 0 aliphatic carbocycles. The van der Waals surface area contributed by atoms with Gasteiger partial charge in [-0.3, -0.25) is 0 Å². The van der Waals surface area contributed by atoms with Crippen LogP contribution in [0.1, 0.15) is 5.56 Å². The number of halogens is 2. The zero-order chi connectivity index (χ0) is 8.43. The van der Waals surface area contributed by atoms with Gasteiger partial charge in [-0.15, -0.1) is 0 Å². The number of hydrogen-bond donors (Lipinski definition) is 0. The molecular formula is C8H5BrFN. The molecule has 0 aliphatic rings. The van der Waals surface area contributed by atoms with Crippen LogP contribution in [0.5, 0.6) is 0 Å². The van der Waals surface area contributed by atoms with Crippen LogP contribution in [0.15, 0.2) is 16.6 Å². The average molecular weight is 214 g/mol. The third kappa shape index (κ3) is 1.41. The van der Waals surface area contributed by atoms with E-state index in [2.05, 4.69) is 20.8 Å². The molecule has 0 unspecified atom stereocenters. The average Bonchev–Trinajstić information content (AvgIpc) is 1.99. The number of benzene rings is 1. The van der Waals surface area contributed by atoms with Gasteiger partial charge in [0.1, 0.15) is 5.82 Å². The Morgan fingerprint density at radius 3 is 2.64 bits per heavy atom. The summed E-state index contributed by atoms with van der Waals surface area (Å²) < 4.78 is 13.3. The Balaban J connectivity index is 3.44. The molecule has 0 atom stereocenters. The molecule has 0 aliphatic heterocycles. The van der Waals surface area contributed by atoms with E-state index in [4.69, 9.17) is 6.57 Å². The van der Waals surface area contributed by atoms with E-state index >= 15 is 0 Å². The highest BCUT2D eigenvalue weighted by molar-refractivity contribution is 9.10. The van der Waals surface area contributed by atoms with Gasteiger partial charge in [0.2, 0.25) is 5.69 Å². The molecule has 0 N–H and O–H groups in total. The summed E-state index contributed by atoms with van der Waals surface area (Å²) in [6.45, 7) is 8.40. The van der Waals surface area contributed by atoms with Gasteiger partial charge in [-0.2, -0.15) is 0 Å². The summed E-state index contributed by atoms with van der Waals surface area (Å²) in [5.74, 6) is -0.472. The van der Waals surface area contributed by atoms with Crippen LogP contribution in [0.3, 0.4) is 0 Å². The maximum Gasteiger partial charge on any atom is 0.226 e. The third-order valence-corrected chi connectivity index (χ3v) is 2.00. The fourth-order valence-electron chi connectivity index (χ4n) is 0.774. The highest BCUT2D eigenvalue weighted by Gasteiger charge is 2.07. The van der Waals surface area contributed by atoms with Crippen molar-refractivity contribution in [2.75, 3.05) is 0 Å². The van der Waals surface area contributed by atoms with E-state index in [0.717, 1.165) is 0 Å².